The van der Waals surface area contributed by atoms with Gasteiger partial charge in [-0.2, -0.15) is 0 Å². The highest BCUT2D eigenvalue weighted by molar-refractivity contribution is 5.68. The van der Waals surface area contributed by atoms with Gasteiger partial charge in [0, 0.05) is 32.1 Å². The zero-order chi connectivity index (χ0) is 22.7. The summed E-state index contributed by atoms with van der Waals surface area (Å²) in [6, 6.07) is 21.1. The van der Waals surface area contributed by atoms with Gasteiger partial charge < -0.3 is 9.42 Å². The fraction of sp³-hybridized carbons (Fsp3) is 0.320. The van der Waals surface area contributed by atoms with E-state index in [1.807, 2.05) is 26.0 Å². The van der Waals surface area contributed by atoms with Crippen LogP contribution in [0, 0.1) is 10.1 Å². The lowest BCUT2D eigenvalue weighted by atomic mass is 9.96. The summed E-state index contributed by atoms with van der Waals surface area (Å²) in [5.41, 5.74) is 3.20. The van der Waals surface area contributed by atoms with Gasteiger partial charge in [-0.1, -0.05) is 86.2 Å². The number of aromatic nitrogens is 1. The van der Waals surface area contributed by atoms with Gasteiger partial charge in [0.05, 0.1) is 16.7 Å². The summed E-state index contributed by atoms with van der Waals surface area (Å²) in [6.45, 7) is 10.8. The molecule has 32 heavy (non-hydrogen) atoms. The first-order valence-corrected chi connectivity index (χ1v) is 10.9. The van der Waals surface area contributed by atoms with Crippen LogP contribution in [0.2, 0.25) is 0 Å². The third-order valence-corrected chi connectivity index (χ3v) is 5.97. The van der Waals surface area contributed by atoms with Crippen LogP contribution < -0.4 is 0 Å². The minimum absolute atomic E-state index is 0.0705. The zero-order valence-electron chi connectivity index (χ0n) is 18.5. The van der Waals surface area contributed by atoms with Gasteiger partial charge in [0.2, 0.25) is 11.5 Å². The summed E-state index contributed by atoms with van der Waals surface area (Å²) in [7, 11) is 0. The molecule has 7 nitrogen and oxygen atoms in total. The fourth-order valence-corrected chi connectivity index (χ4v) is 4.33. The van der Waals surface area contributed by atoms with E-state index in [0.29, 0.717) is 18.8 Å². The number of hydrogen-bond acceptors (Lipinski definition) is 6. The third-order valence-electron chi connectivity index (χ3n) is 5.97. The molecule has 1 aromatic heterocycles. The molecule has 2 aromatic carbocycles. The van der Waals surface area contributed by atoms with Crippen molar-refractivity contribution >= 4 is 11.4 Å². The standard InChI is InChI=1S/C25H28N4O3/c1-18(2)25-24(29(30)31)22(26-32-25)19(3)27-14-16-28(17-15-27)23(20-10-6-4-7-11-20)21-12-8-5-9-13-21/h4-13,18,23H,3,14-17H2,1-2H3. The Hall–Kier alpha value is -3.45. The van der Waals surface area contributed by atoms with Crippen molar-refractivity contribution in [2.24, 2.45) is 0 Å². The predicted octanol–water partition coefficient (Wildman–Crippen LogP) is 5.08. The van der Waals surface area contributed by atoms with E-state index in [-0.39, 0.29) is 29.1 Å². The second-order valence-electron chi connectivity index (χ2n) is 8.35. The lowest BCUT2D eigenvalue weighted by molar-refractivity contribution is -0.386. The van der Waals surface area contributed by atoms with Crippen LogP contribution in [0.25, 0.3) is 5.70 Å². The van der Waals surface area contributed by atoms with Crippen LogP contribution in [0.15, 0.2) is 71.8 Å². The normalized spacial score (nSPS) is 14.8. The zero-order valence-corrected chi connectivity index (χ0v) is 18.5. The van der Waals surface area contributed by atoms with E-state index in [1.54, 1.807) is 0 Å². The van der Waals surface area contributed by atoms with Crippen LogP contribution in [0.1, 0.15) is 48.4 Å². The van der Waals surface area contributed by atoms with E-state index in [2.05, 4.69) is 70.1 Å². The average Bonchev–Trinajstić information content (AvgIpc) is 3.27. The van der Waals surface area contributed by atoms with E-state index in [1.165, 1.54) is 11.1 Å². The molecule has 0 spiro atoms. The highest BCUT2D eigenvalue weighted by Gasteiger charge is 2.34. The van der Waals surface area contributed by atoms with Crippen LogP contribution in [-0.2, 0) is 0 Å². The first kappa shape index (κ1) is 21.8. The first-order chi connectivity index (χ1) is 15.5. The Morgan fingerprint density at radius 3 is 2.00 bits per heavy atom. The van der Waals surface area contributed by atoms with Gasteiger partial charge in [0.25, 0.3) is 0 Å². The smallest absolute Gasteiger partial charge is 0.341 e. The van der Waals surface area contributed by atoms with Crippen LogP contribution in [0.3, 0.4) is 0 Å². The van der Waals surface area contributed by atoms with Crippen LogP contribution in [0.4, 0.5) is 5.69 Å². The Bertz CT molecular complexity index is 1030. The van der Waals surface area contributed by atoms with Gasteiger partial charge in [-0.25, -0.2) is 0 Å². The Morgan fingerprint density at radius 1 is 1.00 bits per heavy atom. The maximum Gasteiger partial charge on any atom is 0.341 e. The molecule has 1 fully saturated rings. The van der Waals surface area contributed by atoms with Crippen molar-refractivity contribution in [3.05, 3.63) is 99.9 Å². The van der Waals surface area contributed by atoms with Crippen LogP contribution in [0.5, 0.6) is 0 Å². The molecule has 0 bridgehead atoms. The summed E-state index contributed by atoms with van der Waals surface area (Å²) < 4.78 is 5.32. The molecule has 2 heterocycles. The minimum Gasteiger partial charge on any atom is -0.367 e. The monoisotopic (exact) mass is 432 g/mol. The molecule has 0 N–H and O–H groups in total. The molecule has 1 aliphatic heterocycles. The molecule has 1 saturated heterocycles. The number of hydrogen-bond donors (Lipinski definition) is 0. The number of piperazine rings is 1. The minimum atomic E-state index is -0.413. The molecule has 0 radical (unpaired) electrons. The first-order valence-electron chi connectivity index (χ1n) is 10.9. The highest BCUT2D eigenvalue weighted by Crippen LogP contribution is 2.35. The topological polar surface area (TPSA) is 75.6 Å². The van der Waals surface area contributed by atoms with Gasteiger partial charge >= 0.3 is 5.69 Å². The summed E-state index contributed by atoms with van der Waals surface area (Å²) in [4.78, 5) is 15.8. The Kier molecular flexibility index (Phi) is 6.37. The number of rotatable bonds is 7. The summed E-state index contributed by atoms with van der Waals surface area (Å²) in [5, 5.41) is 15.7. The molecule has 7 heteroatoms. The van der Waals surface area contributed by atoms with E-state index in [9.17, 15) is 10.1 Å². The molecule has 0 aliphatic carbocycles. The SMILES string of the molecule is C=C(c1noc(C(C)C)c1[N+](=O)[O-])N1CCN(C(c2ccccc2)c2ccccc2)CC1. The number of nitrogens with zero attached hydrogens (tertiary/aromatic N) is 4. The lowest BCUT2D eigenvalue weighted by Gasteiger charge is -2.40. The van der Waals surface area contributed by atoms with Gasteiger partial charge in [-0.05, 0) is 11.1 Å². The van der Waals surface area contributed by atoms with Crippen molar-refractivity contribution in [2.75, 3.05) is 26.2 Å². The molecular formula is C25H28N4O3. The second kappa shape index (κ2) is 9.36. The van der Waals surface area contributed by atoms with Crippen molar-refractivity contribution in [1.82, 2.24) is 15.0 Å². The lowest BCUT2D eigenvalue weighted by Crippen LogP contribution is -2.47. The molecule has 0 atom stereocenters. The van der Waals surface area contributed by atoms with E-state index in [4.69, 9.17) is 4.52 Å². The highest BCUT2D eigenvalue weighted by atomic mass is 16.6. The third kappa shape index (κ3) is 4.29. The summed E-state index contributed by atoms with van der Waals surface area (Å²) >= 11 is 0. The Morgan fingerprint density at radius 2 is 1.53 bits per heavy atom. The van der Waals surface area contributed by atoms with Crippen molar-refractivity contribution < 1.29 is 9.45 Å². The Balaban J connectivity index is 1.53. The molecule has 3 aromatic rings. The molecule has 0 amide bonds. The predicted molar refractivity (Wildman–Crippen MR) is 124 cm³/mol. The van der Waals surface area contributed by atoms with E-state index < -0.39 is 4.92 Å². The second-order valence-corrected chi connectivity index (χ2v) is 8.35. The molecule has 0 saturated carbocycles. The van der Waals surface area contributed by atoms with E-state index >= 15 is 0 Å². The fourth-order valence-electron chi connectivity index (χ4n) is 4.33. The van der Waals surface area contributed by atoms with Crippen LogP contribution in [-0.4, -0.2) is 46.1 Å². The van der Waals surface area contributed by atoms with Crippen molar-refractivity contribution in [1.29, 1.82) is 0 Å². The van der Waals surface area contributed by atoms with Gasteiger partial charge in [-0.3, -0.25) is 15.0 Å². The maximum absolute atomic E-state index is 11.7. The molecule has 1 aliphatic rings. The van der Waals surface area contributed by atoms with Gasteiger partial charge in [-0.15, -0.1) is 0 Å². The Labute approximate surface area is 188 Å². The largest absolute Gasteiger partial charge is 0.367 e. The van der Waals surface area contributed by atoms with Crippen molar-refractivity contribution in [2.45, 2.75) is 25.8 Å². The quantitative estimate of drug-likeness (QED) is 0.383. The molecular weight excluding hydrogens is 404 g/mol. The maximum atomic E-state index is 11.7. The van der Waals surface area contributed by atoms with E-state index in [0.717, 1.165) is 13.1 Å². The molecule has 0 unspecified atom stereocenters. The van der Waals surface area contributed by atoms with Gasteiger partial charge in [0.1, 0.15) is 0 Å². The van der Waals surface area contributed by atoms with Crippen molar-refractivity contribution in [3.8, 4) is 0 Å². The number of benzene rings is 2. The van der Waals surface area contributed by atoms with Crippen LogP contribution >= 0.6 is 0 Å². The number of nitro groups is 1. The summed E-state index contributed by atoms with van der Waals surface area (Å²) in [5.74, 6) is 0.164. The molecule has 4 rings (SSSR count). The molecule has 166 valence electrons. The summed E-state index contributed by atoms with van der Waals surface area (Å²) in [6.07, 6.45) is 0. The average molecular weight is 433 g/mol. The van der Waals surface area contributed by atoms with Crippen molar-refractivity contribution in [3.63, 3.8) is 0 Å². The van der Waals surface area contributed by atoms with Gasteiger partial charge in [0.15, 0.2) is 0 Å².